The number of hydrogen-bond acceptors (Lipinski definition) is 7. The maximum Gasteiger partial charge on any atom is 0.344 e. The fraction of sp³-hybridized carbons (Fsp3) is 0.647. The summed E-state index contributed by atoms with van der Waals surface area (Å²) in [5, 5.41) is 2.41. The zero-order chi connectivity index (χ0) is 18.7. The Bertz CT molecular complexity index is 543. The van der Waals surface area contributed by atoms with Gasteiger partial charge >= 0.3 is 11.9 Å². The third-order valence-corrected chi connectivity index (χ3v) is 3.63. The first kappa shape index (κ1) is 20.8. The lowest BCUT2D eigenvalue weighted by molar-refractivity contribution is -0.160. The summed E-state index contributed by atoms with van der Waals surface area (Å²) in [6.07, 6.45) is 5.68. The molecule has 0 fully saturated rings. The van der Waals surface area contributed by atoms with Gasteiger partial charge in [0.25, 0.3) is 5.91 Å². The van der Waals surface area contributed by atoms with Crippen molar-refractivity contribution in [2.75, 3.05) is 26.9 Å². The van der Waals surface area contributed by atoms with Gasteiger partial charge in [-0.2, -0.15) is 0 Å². The van der Waals surface area contributed by atoms with E-state index >= 15 is 0 Å². The molecule has 1 rings (SSSR count). The predicted octanol–water partition coefficient (Wildman–Crippen LogP) is 1.14. The van der Waals surface area contributed by atoms with Gasteiger partial charge in [0, 0.05) is 19.7 Å². The highest BCUT2D eigenvalue weighted by molar-refractivity contribution is 6.04. The van der Waals surface area contributed by atoms with E-state index in [-0.39, 0.29) is 25.3 Å². The number of carbonyl (C=O) groups excluding carboxylic acids is 3. The lowest BCUT2D eigenvalue weighted by Crippen LogP contribution is -2.45. The van der Waals surface area contributed by atoms with E-state index in [2.05, 4.69) is 17.2 Å². The number of amides is 1. The molecule has 0 aromatic rings. The third kappa shape index (κ3) is 6.30. The van der Waals surface area contributed by atoms with Crippen molar-refractivity contribution in [3.8, 4) is 0 Å². The summed E-state index contributed by atoms with van der Waals surface area (Å²) in [5.74, 6) is -1.58. The van der Waals surface area contributed by atoms with Crippen LogP contribution in [0.15, 0.2) is 16.8 Å². The van der Waals surface area contributed by atoms with Crippen LogP contribution in [0.3, 0.4) is 0 Å². The van der Waals surface area contributed by atoms with Crippen molar-refractivity contribution in [2.24, 2.45) is 4.99 Å². The van der Waals surface area contributed by atoms with Crippen LogP contribution >= 0.6 is 0 Å². The molecule has 0 aromatic carbocycles. The van der Waals surface area contributed by atoms with Gasteiger partial charge in [-0.3, -0.25) is 14.6 Å². The summed E-state index contributed by atoms with van der Waals surface area (Å²) >= 11 is 0. The van der Waals surface area contributed by atoms with E-state index in [4.69, 9.17) is 14.2 Å². The molecule has 8 heteroatoms. The fourth-order valence-electron chi connectivity index (χ4n) is 2.13. The van der Waals surface area contributed by atoms with Gasteiger partial charge in [-0.25, -0.2) is 4.79 Å². The highest BCUT2D eigenvalue weighted by Gasteiger charge is 2.40. The molecule has 8 nitrogen and oxygen atoms in total. The van der Waals surface area contributed by atoms with Gasteiger partial charge in [0.15, 0.2) is 0 Å². The van der Waals surface area contributed by atoms with E-state index in [9.17, 15) is 14.4 Å². The molecule has 0 spiro atoms. The second-order valence-electron chi connectivity index (χ2n) is 5.48. The highest BCUT2D eigenvalue weighted by atomic mass is 16.6. The summed E-state index contributed by atoms with van der Waals surface area (Å²) in [4.78, 5) is 39.4. The minimum absolute atomic E-state index is 0.107. The van der Waals surface area contributed by atoms with Crippen molar-refractivity contribution in [2.45, 2.75) is 45.1 Å². The van der Waals surface area contributed by atoms with Crippen LogP contribution in [0, 0.1) is 0 Å². The molecular formula is C17H26N2O6. The normalized spacial score (nSPS) is 19.1. The molecule has 0 bridgehead atoms. The van der Waals surface area contributed by atoms with Gasteiger partial charge in [-0.05, 0) is 19.4 Å². The van der Waals surface area contributed by atoms with Crippen molar-refractivity contribution in [1.82, 2.24) is 5.32 Å². The molecule has 140 valence electrons. The van der Waals surface area contributed by atoms with Crippen LogP contribution in [0.2, 0.25) is 0 Å². The van der Waals surface area contributed by atoms with Crippen LogP contribution in [-0.4, -0.2) is 56.5 Å². The van der Waals surface area contributed by atoms with Gasteiger partial charge in [0.1, 0.15) is 12.2 Å². The van der Waals surface area contributed by atoms with Gasteiger partial charge in [-0.1, -0.05) is 19.8 Å². The Morgan fingerprint density at radius 2 is 2.00 bits per heavy atom. The van der Waals surface area contributed by atoms with Crippen LogP contribution in [0.4, 0.5) is 0 Å². The number of rotatable bonds is 10. The maximum atomic E-state index is 12.2. The quantitative estimate of drug-likeness (QED) is 0.466. The molecule has 0 saturated heterocycles. The second kappa shape index (κ2) is 10.6. The van der Waals surface area contributed by atoms with Gasteiger partial charge in [-0.15, -0.1) is 0 Å². The number of nitrogens with zero attached hydrogens (tertiary/aromatic N) is 1. The van der Waals surface area contributed by atoms with E-state index < -0.39 is 23.4 Å². The highest BCUT2D eigenvalue weighted by Crippen LogP contribution is 2.22. The van der Waals surface area contributed by atoms with Crippen molar-refractivity contribution >= 4 is 24.1 Å². The molecule has 1 N–H and O–H groups in total. The second-order valence-corrected chi connectivity index (χ2v) is 5.48. The maximum absolute atomic E-state index is 12.2. The van der Waals surface area contributed by atoms with Crippen LogP contribution in [0.5, 0.6) is 0 Å². The molecule has 0 radical (unpaired) electrons. The molecule has 25 heavy (non-hydrogen) atoms. The topological polar surface area (TPSA) is 103 Å². The van der Waals surface area contributed by atoms with Crippen molar-refractivity contribution in [1.29, 1.82) is 0 Å². The van der Waals surface area contributed by atoms with Crippen LogP contribution < -0.4 is 5.32 Å². The van der Waals surface area contributed by atoms with E-state index in [0.717, 1.165) is 19.3 Å². The van der Waals surface area contributed by atoms with Crippen LogP contribution in [0.1, 0.15) is 39.5 Å². The van der Waals surface area contributed by atoms with Crippen LogP contribution in [0.25, 0.3) is 0 Å². The lowest BCUT2D eigenvalue weighted by Gasteiger charge is -2.27. The van der Waals surface area contributed by atoms with E-state index in [1.54, 1.807) is 6.92 Å². The number of hydrogen-bond donors (Lipinski definition) is 1. The summed E-state index contributed by atoms with van der Waals surface area (Å²) in [6.45, 7) is 4.06. The zero-order valence-corrected chi connectivity index (χ0v) is 15.0. The van der Waals surface area contributed by atoms with E-state index in [0.29, 0.717) is 6.61 Å². The molecule has 0 saturated carbocycles. The Balaban J connectivity index is 2.57. The van der Waals surface area contributed by atoms with Crippen molar-refractivity contribution in [3.63, 3.8) is 0 Å². The Morgan fingerprint density at radius 1 is 1.24 bits per heavy atom. The van der Waals surface area contributed by atoms with Gasteiger partial charge in [0.05, 0.1) is 13.2 Å². The molecule has 1 aliphatic rings. The van der Waals surface area contributed by atoms with E-state index in [1.165, 1.54) is 19.4 Å². The third-order valence-electron chi connectivity index (χ3n) is 3.63. The molecule has 1 unspecified atom stereocenters. The first-order valence-corrected chi connectivity index (χ1v) is 8.40. The minimum Gasteiger partial charge on any atom is -0.465 e. The lowest BCUT2D eigenvalue weighted by atomic mass is 9.98. The predicted molar refractivity (Wildman–Crippen MR) is 91.1 cm³/mol. The first-order valence-electron chi connectivity index (χ1n) is 8.40. The Morgan fingerprint density at radius 3 is 2.56 bits per heavy atom. The summed E-state index contributed by atoms with van der Waals surface area (Å²) < 4.78 is 15.2. The molecule has 1 heterocycles. The summed E-state index contributed by atoms with van der Waals surface area (Å²) in [7, 11) is 1.39. The number of ether oxygens (including phenoxy) is 3. The van der Waals surface area contributed by atoms with Crippen LogP contribution in [-0.2, 0) is 28.6 Å². The summed E-state index contributed by atoms with van der Waals surface area (Å²) in [5.41, 5.74) is -1.22. The number of esters is 2. The number of unbranched alkanes of at least 4 members (excludes halogenated alkanes) is 2. The van der Waals surface area contributed by atoms with E-state index in [1.807, 2.05) is 0 Å². The standard InChI is InChI=1S/C17H26N2O6/c1-4-6-7-10-25-16(22)17(23-3)9-8-13(19-12-17)15(21)18-11-14(20)24-5-2/h8,12H,4-7,9-11H2,1-3H3,(H,18,21). The first-order chi connectivity index (χ1) is 12.0. The van der Waals surface area contributed by atoms with Crippen molar-refractivity contribution in [3.05, 3.63) is 11.8 Å². The number of carbonyl (C=O) groups is 3. The molecule has 1 atom stereocenters. The van der Waals surface area contributed by atoms with Gasteiger partial charge in [0.2, 0.25) is 5.60 Å². The molecule has 1 aliphatic heterocycles. The minimum atomic E-state index is -1.32. The average Bonchev–Trinajstić information content (AvgIpc) is 2.63. The van der Waals surface area contributed by atoms with Gasteiger partial charge < -0.3 is 19.5 Å². The monoisotopic (exact) mass is 354 g/mol. The average molecular weight is 354 g/mol. The smallest absolute Gasteiger partial charge is 0.344 e. The largest absolute Gasteiger partial charge is 0.465 e. The number of methoxy groups -OCH3 is 1. The fourth-order valence-corrected chi connectivity index (χ4v) is 2.13. The zero-order valence-electron chi connectivity index (χ0n) is 15.0. The Kier molecular flexibility index (Phi) is 8.83. The molecule has 1 amide bonds. The summed E-state index contributed by atoms with van der Waals surface area (Å²) in [6, 6.07) is 0. The molecular weight excluding hydrogens is 328 g/mol. The molecule has 0 aromatic heterocycles. The SMILES string of the molecule is CCCCCOC(=O)C1(OC)C=NC(C(=O)NCC(=O)OCC)=CC1. The molecule has 0 aliphatic carbocycles. The van der Waals surface area contributed by atoms with Crippen molar-refractivity contribution < 1.29 is 28.6 Å². The Labute approximate surface area is 147 Å². The Hall–Kier alpha value is -2.22. The number of nitrogens with one attached hydrogen (secondary N) is 1. The number of aliphatic imine (C=N–C) groups is 1.